The van der Waals surface area contributed by atoms with Crippen LogP contribution in [0.1, 0.15) is 0 Å². The third-order valence-corrected chi connectivity index (χ3v) is 0.985. The van der Waals surface area contributed by atoms with Crippen LogP contribution in [0.5, 0.6) is 0 Å². The quantitative estimate of drug-likeness (QED) is 0.376. The Morgan fingerprint density at radius 1 is 1.62 bits per heavy atom. The van der Waals surface area contributed by atoms with E-state index in [0.29, 0.717) is 0 Å². The van der Waals surface area contributed by atoms with Gasteiger partial charge in [-0.25, -0.2) is 0 Å². The van der Waals surface area contributed by atoms with Crippen molar-refractivity contribution in [2.24, 2.45) is 0 Å². The molecule has 0 aromatic carbocycles. The monoisotopic (exact) mass is 185 g/mol. The van der Waals surface area contributed by atoms with Gasteiger partial charge in [0.15, 0.2) is 0 Å². The molecule has 0 aliphatic carbocycles. The summed E-state index contributed by atoms with van der Waals surface area (Å²) in [5.41, 5.74) is 0. The average molecular weight is 186 g/mol. The zero-order valence-electron chi connectivity index (χ0n) is 3.97. The maximum Gasteiger partial charge on any atom is 0.268 e. The van der Waals surface area contributed by atoms with Crippen LogP contribution < -0.4 is 0 Å². The molecule has 0 rings (SSSR count). The van der Waals surface area contributed by atoms with Gasteiger partial charge in [-0.2, -0.15) is 8.42 Å². The summed E-state index contributed by atoms with van der Waals surface area (Å²) in [4.78, 5) is 0. The van der Waals surface area contributed by atoms with E-state index in [2.05, 4.69) is 6.58 Å². The first kappa shape index (κ1) is 11.0. The van der Waals surface area contributed by atoms with E-state index in [1.165, 1.54) is 0 Å². The molecule has 5 heteroatoms. The summed E-state index contributed by atoms with van der Waals surface area (Å²) in [6.07, 6.45) is 1.12. The smallest absolute Gasteiger partial charge is 0.268 e. The van der Waals surface area contributed by atoms with Gasteiger partial charge in [0.1, 0.15) is 0 Å². The van der Waals surface area contributed by atoms with E-state index >= 15 is 0 Å². The molecule has 0 unspecified atom stereocenters. The van der Waals surface area contributed by atoms with E-state index in [0.717, 1.165) is 6.08 Å². The van der Waals surface area contributed by atoms with Crippen molar-refractivity contribution in [3.8, 4) is 0 Å². The molecule has 0 aliphatic heterocycles. The fourth-order valence-electron chi connectivity index (χ4n) is 0.149. The van der Waals surface area contributed by atoms with Gasteiger partial charge in [0.2, 0.25) is 0 Å². The van der Waals surface area contributed by atoms with Gasteiger partial charge in [0, 0.05) is 17.1 Å². The summed E-state index contributed by atoms with van der Waals surface area (Å²) < 4.78 is 27.3. The van der Waals surface area contributed by atoms with E-state index in [9.17, 15) is 8.42 Å². The molecule has 3 nitrogen and oxygen atoms in total. The summed E-state index contributed by atoms with van der Waals surface area (Å²) in [5.74, 6) is -0.368. The summed E-state index contributed by atoms with van der Waals surface area (Å²) >= 11 is 0. The molecule has 0 heterocycles. The van der Waals surface area contributed by atoms with Crippen LogP contribution in [0.15, 0.2) is 12.7 Å². The largest absolute Gasteiger partial charge is 0.285 e. The van der Waals surface area contributed by atoms with Crippen molar-refractivity contribution in [2.45, 2.75) is 0 Å². The van der Waals surface area contributed by atoms with Crippen molar-refractivity contribution < 1.29 is 30.0 Å². The van der Waals surface area contributed by atoms with Crippen LogP contribution in [0, 0.1) is 0 Å². The number of hydrogen-bond donors (Lipinski definition) is 1. The van der Waals surface area contributed by atoms with Gasteiger partial charge in [0.05, 0.1) is 5.75 Å². The fraction of sp³-hybridized carbons (Fsp3) is 0.333. The van der Waals surface area contributed by atoms with Crippen LogP contribution >= 0.6 is 0 Å². The molecule has 0 saturated carbocycles. The van der Waals surface area contributed by atoms with Crippen molar-refractivity contribution >= 4 is 10.1 Å². The van der Waals surface area contributed by atoms with Crippen LogP contribution in [-0.4, -0.2) is 18.7 Å². The molecule has 0 spiro atoms. The molecule has 0 saturated heterocycles. The van der Waals surface area contributed by atoms with Gasteiger partial charge >= 0.3 is 0 Å². The first-order valence-corrected chi connectivity index (χ1v) is 3.23. The summed E-state index contributed by atoms with van der Waals surface area (Å²) in [5, 5.41) is 0. The van der Waals surface area contributed by atoms with Gasteiger partial charge in [-0.3, -0.25) is 4.55 Å². The SMILES string of the molecule is C=CCS(=O)(=O)O.[Cu]. The standard InChI is InChI=1S/C3H6O3S.Cu/c1-2-3-7(4,5)6;/h2H,1,3H2,(H,4,5,6);. The van der Waals surface area contributed by atoms with Crippen molar-refractivity contribution in [1.82, 2.24) is 0 Å². The molecule has 0 aromatic rings. The van der Waals surface area contributed by atoms with Gasteiger partial charge in [0.25, 0.3) is 10.1 Å². The molecule has 1 N–H and O–H groups in total. The Balaban J connectivity index is 0. The summed E-state index contributed by atoms with van der Waals surface area (Å²) in [6.45, 7) is 3.11. The maximum absolute atomic E-state index is 9.72. The Morgan fingerprint density at radius 3 is 2.00 bits per heavy atom. The Labute approximate surface area is 59.0 Å². The predicted octanol–water partition coefficient (Wildman–Crippen LogP) is 0.0577. The van der Waals surface area contributed by atoms with Crippen molar-refractivity contribution in [3.63, 3.8) is 0 Å². The van der Waals surface area contributed by atoms with Crippen LogP contribution in [0.2, 0.25) is 0 Å². The zero-order valence-corrected chi connectivity index (χ0v) is 5.72. The Bertz CT molecular complexity index is 148. The molecule has 0 atom stereocenters. The Morgan fingerprint density at radius 2 is 2.00 bits per heavy atom. The van der Waals surface area contributed by atoms with Crippen LogP contribution in [0.3, 0.4) is 0 Å². The molecule has 0 aromatic heterocycles. The van der Waals surface area contributed by atoms with Gasteiger partial charge in [-0.1, -0.05) is 6.08 Å². The van der Waals surface area contributed by atoms with Crippen molar-refractivity contribution in [3.05, 3.63) is 12.7 Å². The van der Waals surface area contributed by atoms with Crippen molar-refractivity contribution in [1.29, 1.82) is 0 Å². The molecule has 0 bridgehead atoms. The molecular formula is C3H6CuO3S. The Hall–Kier alpha value is 0.169. The second-order valence-corrected chi connectivity index (χ2v) is 2.53. The summed E-state index contributed by atoms with van der Waals surface area (Å²) in [6, 6.07) is 0. The van der Waals surface area contributed by atoms with E-state index < -0.39 is 10.1 Å². The molecule has 0 amide bonds. The molecule has 53 valence electrons. The predicted molar refractivity (Wildman–Crippen MR) is 26.6 cm³/mol. The van der Waals surface area contributed by atoms with Gasteiger partial charge in [-0.05, 0) is 0 Å². The van der Waals surface area contributed by atoms with E-state index in [-0.39, 0.29) is 22.8 Å². The molecule has 1 radical (unpaired) electrons. The molecular weight excluding hydrogens is 180 g/mol. The topological polar surface area (TPSA) is 54.4 Å². The second-order valence-electron chi connectivity index (χ2n) is 1.04. The third kappa shape index (κ3) is 9.48. The zero-order chi connectivity index (χ0) is 5.91. The minimum Gasteiger partial charge on any atom is -0.285 e. The average Bonchev–Trinajstić information content (AvgIpc) is 1.30. The summed E-state index contributed by atoms with van der Waals surface area (Å²) in [7, 11) is -3.79. The third-order valence-electron chi connectivity index (χ3n) is 0.328. The minimum absolute atomic E-state index is 0. The van der Waals surface area contributed by atoms with Gasteiger partial charge in [-0.15, -0.1) is 6.58 Å². The fourth-order valence-corrected chi connectivity index (χ4v) is 0.447. The van der Waals surface area contributed by atoms with Crippen molar-refractivity contribution in [2.75, 3.05) is 5.75 Å². The normalized spacial score (nSPS) is 9.62. The van der Waals surface area contributed by atoms with Gasteiger partial charge < -0.3 is 0 Å². The first-order valence-electron chi connectivity index (χ1n) is 1.62. The molecule has 0 aliphatic rings. The van der Waals surface area contributed by atoms with Crippen LogP contribution in [0.25, 0.3) is 0 Å². The number of rotatable bonds is 2. The Kier molecular flexibility index (Phi) is 5.64. The maximum atomic E-state index is 9.72. The molecule has 8 heavy (non-hydrogen) atoms. The molecule has 0 fully saturated rings. The van der Waals surface area contributed by atoms with E-state index in [4.69, 9.17) is 4.55 Å². The van der Waals surface area contributed by atoms with E-state index in [1.807, 2.05) is 0 Å². The minimum atomic E-state index is -3.79. The van der Waals surface area contributed by atoms with Crippen LogP contribution in [-0.2, 0) is 27.2 Å². The van der Waals surface area contributed by atoms with Crippen LogP contribution in [0.4, 0.5) is 0 Å². The second kappa shape index (κ2) is 4.09. The number of hydrogen-bond acceptors (Lipinski definition) is 2. The first-order chi connectivity index (χ1) is 3.06. The van der Waals surface area contributed by atoms with E-state index in [1.54, 1.807) is 0 Å².